The van der Waals surface area contributed by atoms with E-state index in [1.807, 2.05) is 0 Å². The number of carbonyl (C=O) groups is 5. The molecule has 1 aromatic carbocycles. The molecule has 2 fully saturated rings. The highest BCUT2D eigenvalue weighted by atomic mass is 16.6. The van der Waals surface area contributed by atoms with Gasteiger partial charge < -0.3 is 39.1 Å². The number of ether oxygens (including phenoxy) is 6. The van der Waals surface area contributed by atoms with E-state index in [4.69, 9.17) is 28.4 Å². The summed E-state index contributed by atoms with van der Waals surface area (Å²) in [4.78, 5) is 65.2. The van der Waals surface area contributed by atoms with Crippen LogP contribution < -0.4 is 20.7 Å². The zero-order valence-electron chi connectivity index (χ0n) is 26.6. The van der Waals surface area contributed by atoms with Gasteiger partial charge in [0, 0.05) is 45.7 Å². The summed E-state index contributed by atoms with van der Waals surface area (Å²) in [5, 5.41) is 8.14. The second-order valence-electron chi connectivity index (χ2n) is 10.9. The highest BCUT2D eigenvalue weighted by Gasteiger charge is 2.46. The first-order valence-corrected chi connectivity index (χ1v) is 16.0. The minimum atomic E-state index is -1.09. The van der Waals surface area contributed by atoms with Crippen LogP contribution in [0.15, 0.2) is 18.2 Å². The van der Waals surface area contributed by atoms with E-state index in [1.54, 1.807) is 0 Å². The number of nitrogens with one attached hydrogen (secondary N) is 3. The van der Waals surface area contributed by atoms with Gasteiger partial charge in [-0.05, 0) is 18.6 Å². The van der Waals surface area contributed by atoms with Crippen molar-refractivity contribution in [3.8, 4) is 5.75 Å². The number of benzene rings is 1. The van der Waals surface area contributed by atoms with Gasteiger partial charge in [-0.1, -0.05) is 6.07 Å². The minimum absolute atomic E-state index is 0.0185. The fourth-order valence-corrected chi connectivity index (χ4v) is 5.17. The first kappa shape index (κ1) is 36.3. The number of piperidine rings is 1. The third-order valence-electron chi connectivity index (χ3n) is 7.61. The lowest BCUT2D eigenvalue weighted by Crippen LogP contribution is -2.54. The first-order valence-electron chi connectivity index (χ1n) is 16.0. The highest BCUT2D eigenvalue weighted by molar-refractivity contribution is 6.24. The second-order valence-corrected chi connectivity index (χ2v) is 10.9. The van der Waals surface area contributed by atoms with Crippen molar-refractivity contribution in [1.82, 2.24) is 25.8 Å². The number of imide groups is 2. The average Bonchev–Trinajstić information content (AvgIpc) is 3.33. The lowest BCUT2D eigenvalue weighted by molar-refractivity contribution is -0.136. The second kappa shape index (κ2) is 20.0. The Hall–Kier alpha value is -3.51. The molecule has 0 bridgehead atoms. The maximum absolute atomic E-state index is 13.1. The van der Waals surface area contributed by atoms with E-state index in [0.717, 1.165) is 37.6 Å². The zero-order valence-corrected chi connectivity index (χ0v) is 26.6. The van der Waals surface area contributed by atoms with Gasteiger partial charge in [-0.2, -0.15) is 0 Å². The fraction of sp³-hybridized carbons (Fsp3) is 0.645. The molecule has 3 N–H and O–H groups in total. The number of hydrogen-bond donors (Lipinski definition) is 3. The van der Waals surface area contributed by atoms with Crippen LogP contribution in [-0.2, 0) is 38.1 Å². The molecule has 3 aliphatic heterocycles. The zero-order chi connectivity index (χ0) is 33.3. The molecule has 260 valence electrons. The van der Waals surface area contributed by atoms with Crippen LogP contribution in [0.2, 0.25) is 0 Å². The summed E-state index contributed by atoms with van der Waals surface area (Å²) in [6.45, 7) is 9.67. The molecule has 0 spiro atoms. The molecule has 0 radical (unpaired) electrons. The third kappa shape index (κ3) is 11.6. The molecular formula is C31H45N5O11. The van der Waals surface area contributed by atoms with Crippen molar-refractivity contribution in [3.63, 3.8) is 0 Å². The Morgan fingerprint density at radius 1 is 0.809 bits per heavy atom. The molecule has 3 heterocycles. The summed E-state index contributed by atoms with van der Waals surface area (Å²) < 4.78 is 33.0. The molecule has 4 rings (SSSR count). The van der Waals surface area contributed by atoms with Crippen molar-refractivity contribution in [2.45, 2.75) is 18.9 Å². The van der Waals surface area contributed by atoms with Gasteiger partial charge in [-0.15, -0.1) is 0 Å². The van der Waals surface area contributed by atoms with E-state index >= 15 is 0 Å². The van der Waals surface area contributed by atoms with E-state index in [1.165, 1.54) is 18.2 Å². The van der Waals surface area contributed by atoms with Crippen molar-refractivity contribution in [1.29, 1.82) is 0 Å². The number of hydrogen-bond acceptors (Lipinski definition) is 13. The Bertz CT molecular complexity index is 1210. The lowest BCUT2D eigenvalue weighted by atomic mass is 10.0. The summed E-state index contributed by atoms with van der Waals surface area (Å²) in [6, 6.07) is 3.36. The number of amides is 5. The van der Waals surface area contributed by atoms with Gasteiger partial charge in [-0.3, -0.25) is 39.1 Å². The predicted molar refractivity (Wildman–Crippen MR) is 165 cm³/mol. The molecule has 0 saturated carbocycles. The topological polar surface area (TPSA) is 183 Å². The Kier molecular flexibility index (Phi) is 15.5. The molecule has 1 aromatic rings. The highest BCUT2D eigenvalue weighted by Crippen LogP contribution is 2.33. The van der Waals surface area contributed by atoms with Crippen LogP contribution in [0, 0.1) is 0 Å². The van der Waals surface area contributed by atoms with E-state index < -0.39 is 42.2 Å². The molecule has 2 saturated heterocycles. The van der Waals surface area contributed by atoms with Gasteiger partial charge >= 0.3 is 0 Å². The van der Waals surface area contributed by atoms with Crippen molar-refractivity contribution >= 4 is 29.5 Å². The van der Waals surface area contributed by atoms with Crippen molar-refractivity contribution in [2.24, 2.45) is 0 Å². The van der Waals surface area contributed by atoms with Crippen LogP contribution in [0.1, 0.15) is 33.6 Å². The smallest absolute Gasteiger partial charge is 0.266 e. The number of rotatable bonds is 22. The summed E-state index contributed by atoms with van der Waals surface area (Å²) >= 11 is 0. The Balaban J connectivity index is 0.959. The van der Waals surface area contributed by atoms with Gasteiger partial charge in [0.2, 0.25) is 11.8 Å². The monoisotopic (exact) mass is 663 g/mol. The Labute approximate surface area is 273 Å². The maximum Gasteiger partial charge on any atom is 0.266 e. The van der Waals surface area contributed by atoms with Crippen LogP contribution in [-0.4, -0.2) is 157 Å². The average molecular weight is 664 g/mol. The van der Waals surface area contributed by atoms with Gasteiger partial charge in [-0.25, -0.2) is 0 Å². The lowest BCUT2D eigenvalue weighted by Gasteiger charge is -2.27. The Morgan fingerprint density at radius 3 is 2.06 bits per heavy atom. The molecule has 5 amide bonds. The van der Waals surface area contributed by atoms with Crippen LogP contribution >= 0.6 is 0 Å². The minimum Gasteiger partial charge on any atom is -0.483 e. The maximum atomic E-state index is 13.1. The number of carbonyl (C=O) groups excluding carboxylic acids is 5. The van der Waals surface area contributed by atoms with Crippen molar-refractivity contribution in [3.05, 3.63) is 29.3 Å². The molecule has 0 aromatic heterocycles. The number of fused-ring (bicyclic) bond motifs is 1. The summed E-state index contributed by atoms with van der Waals surface area (Å²) in [6.07, 6.45) is 0.0624. The number of nitrogens with zero attached hydrogens (tertiary/aromatic N) is 2. The van der Waals surface area contributed by atoms with Crippen LogP contribution in [0.3, 0.4) is 0 Å². The first-order chi connectivity index (χ1) is 23.0. The predicted octanol–water partition coefficient (Wildman–Crippen LogP) is -1.43. The largest absolute Gasteiger partial charge is 0.483 e. The molecule has 47 heavy (non-hydrogen) atoms. The summed E-state index contributed by atoms with van der Waals surface area (Å²) in [5.41, 5.74) is 0.0530. The van der Waals surface area contributed by atoms with Crippen LogP contribution in [0.4, 0.5) is 0 Å². The number of piperazine rings is 1. The van der Waals surface area contributed by atoms with Gasteiger partial charge in [0.15, 0.2) is 6.61 Å². The molecule has 16 nitrogen and oxygen atoms in total. The van der Waals surface area contributed by atoms with Crippen molar-refractivity contribution < 1.29 is 52.4 Å². The normalized spacial score (nSPS) is 18.4. The SMILES string of the molecule is O=C(COc1cccc2c1C(=O)N(C1CCC(=O)NC1=O)C2=O)NCCOCCOCCOCCOCCOCCN1CCNCC1. The van der Waals surface area contributed by atoms with E-state index in [0.29, 0.717) is 59.5 Å². The Morgan fingerprint density at radius 2 is 1.43 bits per heavy atom. The van der Waals surface area contributed by atoms with Gasteiger partial charge in [0.05, 0.1) is 77.2 Å². The molecule has 1 atom stereocenters. The van der Waals surface area contributed by atoms with E-state index in [2.05, 4.69) is 20.9 Å². The van der Waals surface area contributed by atoms with Crippen LogP contribution in [0.5, 0.6) is 5.75 Å². The summed E-state index contributed by atoms with van der Waals surface area (Å²) in [5.74, 6) is -2.91. The van der Waals surface area contributed by atoms with Crippen LogP contribution in [0.25, 0.3) is 0 Å². The molecule has 3 aliphatic rings. The third-order valence-corrected chi connectivity index (χ3v) is 7.61. The van der Waals surface area contributed by atoms with E-state index in [-0.39, 0.29) is 42.9 Å². The van der Waals surface area contributed by atoms with Gasteiger partial charge in [0.1, 0.15) is 11.8 Å². The molecule has 16 heteroatoms. The fourth-order valence-electron chi connectivity index (χ4n) is 5.17. The molecule has 1 unspecified atom stereocenters. The van der Waals surface area contributed by atoms with Crippen molar-refractivity contribution in [2.75, 3.05) is 112 Å². The quantitative estimate of drug-likeness (QED) is 0.0971. The molecule has 0 aliphatic carbocycles. The summed E-state index contributed by atoms with van der Waals surface area (Å²) in [7, 11) is 0. The van der Waals surface area contributed by atoms with E-state index in [9.17, 15) is 24.0 Å². The van der Waals surface area contributed by atoms with Gasteiger partial charge in [0.25, 0.3) is 17.7 Å². The standard InChI is InChI=1S/C31H45N5O11/c37-26-5-4-24(29(39)34-26)36-30(40)23-2-1-3-25(28(23)31(36)41)47-22-27(38)33-8-12-42-14-16-44-18-20-46-21-19-45-17-15-43-13-11-35-9-6-32-7-10-35/h1-3,24,32H,4-22H2,(H,33,38)(H,34,37,39). The molecular weight excluding hydrogens is 618 g/mol.